The fraction of sp³-hybridized carbons (Fsp3) is 0.588. The Hall–Kier alpha value is -1.41. The normalized spacial score (nSPS) is 17.2. The van der Waals surface area contributed by atoms with Crippen LogP contribution in [0.15, 0.2) is 24.3 Å². The van der Waals surface area contributed by atoms with E-state index in [-0.39, 0.29) is 37.3 Å². The van der Waals surface area contributed by atoms with Gasteiger partial charge in [0.1, 0.15) is 24.3 Å². The summed E-state index contributed by atoms with van der Waals surface area (Å²) in [4.78, 5) is 12.5. The van der Waals surface area contributed by atoms with Crippen molar-refractivity contribution in [3.05, 3.63) is 30.1 Å². The van der Waals surface area contributed by atoms with Gasteiger partial charge in [0.05, 0.1) is 12.0 Å². The van der Waals surface area contributed by atoms with Crippen molar-refractivity contribution in [3.63, 3.8) is 0 Å². The number of carbonyl (C=O) groups is 1. The number of aliphatic hydroxyl groups excluding tert-OH is 1. The highest BCUT2D eigenvalue weighted by Crippen LogP contribution is 2.29. The highest BCUT2D eigenvalue weighted by atomic mass is 35.5. The molecule has 25 heavy (non-hydrogen) atoms. The van der Waals surface area contributed by atoms with E-state index in [9.17, 15) is 14.3 Å². The van der Waals surface area contributed by atoms with Crippen molar-refractivity contribution in [2.24, 2.45) is 5.41 Å². The monoisotopic (exact) mass is 376 g/mol. The van der Waals surface area contributed by atoms with E-state index in [1.807, 2.05) is 0 Å². The van der Waals surface area contributed by atoms with Crippen molar-refractivity contribution in [1.29, 1.82) is 0 Å². The molecule has 0 aliphatic carbocycles. The van der Waals surface area contributed by atoms with Crippen LogP contribution in [-0.4, -0.2) is 57.1 Å². The van der Waals surface area contributed by atoms with Crippen molar-refractivity contribution >= 4 is 18.3 Å². The number of hydrogen-bond donors (Lipinski definition) is 3. The maximum Gasteiger partial charge on any atom is 0.228 e. The largest absolute Gasteiger partial charge is 0.491 e. The molecule has 1 fully saturated rings. The molecule has 1 aromatic carbocycles. The minimum absolute atomic E-state index is 0. The number of amides is 1. The zero-order valence-corrected chi connectivity index (χ0v) is 15.1. The average molecular weight is 377 g/mol. The third-order valence-corrected chi connectivity index (χ3v) is 4.22. The third-order valence-electron chi connectivity index (χ3n) is 4.22. The summed E-state index contributed by atoms with van der Waals surface area (Å²) in [5.41, 5.74) is -0.544. The molecule has 1 amide bonds. The Morgan fingerprint density at radius 3 is 2.60 bits per heavy atom. The van der Waals surface area contributed by atoms with Crippen LogP contribution < -0.4 is 15.4 Å². The molecule has 1 heterocycles. The lowest BCUT2D eigenvalue weighted by molar-refractivity contribution is -0.136. The van der Waals surface area contributed by atoms with Gasteiger partial charge in [0.15, 0.2) is 0 Å². The predicted molar refractivity (Wildman–Crippen MR) is 94.6 cm³/mol. The van der Waals surface area contributed by atoms with Crippen LogP contribution in [0.5, 0.6) is 5.75 Å². The van der Waals surface area contributed by atoms with Gasteiger partial charge in [-0.1, -0.05) is 0 Å². The van der Waals surface area contributed by atoms with Crippen molar-refractivity contribution in [2.45, 2.75) is 18.9 Å². The molecular weight excluding hydrogens is 351 g/mol. The average Bonchev–Trinajstić information content (AvgIpc) is 2.60. The summed E-state index contributed by atoms with van der Waals surface area (Å²) in [6.07, 6.45) is 0.560. The number of carbonyl (C=O) groups excluding carboxylic acids is 1. The topological polar surface area (TPSA) is 79.8 Å². The molecule has 8 heteroatoms. The third kappa shape index (κ3) is 6.43. The Kier molecular flexibility index (Phi) is 9.13. The minimum Gasteiger partial charge on any atom is -0.491 e. The van der Waals surface area contributed by atoms with Crippen LogP contribution in [-0.2, 0) is 9.53 Å². The lowest BCUT2D eigenvalue weighted by Gasteiger charge is -2.35. The van der Waals surface area contributed by atoms with Gasteiger partial charge in [-0.05, 0) is 50.2 Å². The molecule has 0 radical (unpaired) electrons. The summed E-state index contributed by atoms with van der Waals surface area (Å²) in [5, 5.41) is 16.0. The number of halogens is 2. The van der Waals surface area contributed by atoms with Crippen LogP contribution in [0, 0.1) is 11.2 Å². The Bertz CT molecular complexity index is 518. The molecule has 3 N–H and O–H groups in total. The molecule has 2 rings (SSSR count). The molecule has 1 aromatic rings. The van der Waals surface area contributed by atoms with Gasteiger partial charge in [0.25, 0.3) is 0 Å². The van der Waals surface area contributed by atoms with Gasteiger partial charge >= 0.3 is 0 Å². The number of piperidine rings is 1. The van der Waals surface area contributed by atoms with Crippen LogP contribution in [0.2, 0.25) is 0 Å². The molecular formula is C17H26ClFN2O4. The van der Waals surface area contributed by atoms with Gasteiger partial charge in [-0.15, -0.1) is 12.4 Å². The van der Waals surface area contributed by atoms with Crippen LogP contribution in [0.1, 0.15) is 12.8 Å². The van der Waals surface area contributed by atoms with Gasteiger partial charge in [-0.3, -0.25) is 4.79 Å². The Morgan fingerprint density at radius 1 is 1.36 bits per heavy atom. The molecule has 1 aliphatic heterocycles. The van der Waals surface area contributed by atoms with Crippen LogP contribution in [0.3, 0.4) is 0 Å². The number of ether oxygens (including phenoxy) is 2. The molecule has 0 aromatic heterocycles. The second-order valence-corrected chi connectivity index (χ2v) is 6.09. The maximum atomic E-state index is 12.8. The van der Waals surface area contributed by atoms with Crippen LogP contribution in [0.25, 0.3) is 0 Å². The minimum atomic E-state index is -0.847. The standard InChI is InChI=1S/C17H25FN2O4.ClH/c1-23-12-17(6-8-19-9-7-17)16(22)20-10-14(21)11-24-15-4-2-13(18)3-5-15;/h2-5,14,19,21H,6-12H2,1H3,(H,20,22);1H. The summed E-state index contributed by atoms with van der Waals surface area (Å²) in [6, 6.07) is 5.55. The summed E-state index contributed by atoms with van der Waals surface area (Å²) < 4.78 is 23.4. The van der Waals surface area contributed by atoms with Gasteiger partial charge in [0, 0.05) is 13.7 Å². The van der Waals surface area contributed by atoms with Crippen molar-refractivity contribution in [3.8, 4) is 5.75 Å². The summed E-state index contributed by atoms with van der Waals surface area (Å²) in [6.45, 7) is 2.02. The zero-order chi connectivity index (χ0) is 17.4. The number of rotatable bonds is 8. The number of benzene rings is 1. The van der Waals surface area contributed by atoms with Gasteiger partial charge in [-0.25, -0.2) is 4.39 Å². The fourth-order valence-electron chi connectivity index (χ4n) is 2.80. The molecule has 0 bridgehead atoms. The van der Waals surface area contributed by atoms with Crippen LogP contribution >= 0.6 is 12.4 Å². The van der Waals surface area contributed by atoms with Crippen molar-refractivity contribution < 1.29 is 23.8 Å². The quantitative estimate of drug-likeness (QED) is 0.633. The first kappa shape index (κ1) is 21.6. The number of aliphatic hydroxyl groups is 1. The molecule has 1 unspecified atom stereocenters. The molecule has 142 valence electrons. The predicted octanol–water partition coefficient (Wildman–Crippen LogP) is 1.12. The lowest BCUT2D eigenvalue weighted by atomic mass is 9.78. The van der Waals surface area contributed by atoms with E-state index in [2.05, 4.69) is 10.6 Å². The Balaban J connectivity index is 0.00000312. The smallest absolute Gasteiger partial charge is 0.228 e. The van der Waals surface area contributed by atoms with E-state index >= 15 is 0 Å². The molecule has 1 aliphatic rings. The molecule has 0 spiro atoms. The second-order valence-electron chi connectivity index (χ2n) is 6.09. The maximum absolute atomic E-state index is 12.8. The van der Waals surface area contributed by atoms with E-state index in [1.54, 1.807) is 7.11 Å². The second kappa shape index (κ2) is 10.6. The number of hydrogen-bond acceptors (Lipinski definition) is 5. The van der Waals surface area contributed by atoms with E-state index in [1.165, 1.54) is 24.3 Å². The summed E-state index contributed by atoms with van der Waals surface area (Å²) in [5.74, 6) is 0.0169. The molecule has 0 saturated carbocycles. The van der Waals surface area contributed by atoms with E-state index in [4.69, 9.17) is 9.47 Å². The fourth-order valence-corrected chi connectivity index (χ4v) is 2.80. The van der Waals surface area contributed by atoms with Crippen LogP contribution in [0.4, 0.5) is 4.39 Å². The number of methoxy groups -OCH3 is 1. The van der Waals surface area contributed by atoms with Gasteiger partial charge < -0.3 is 25.2 Å². The summed E-state index contributed by atoms with van der Waals surface area (Å²) in [7, 11) is 1.59. The van der Waals surface area contributed by atoms with Crippen molar-refractivity contribution in [1.82, 2.24) is 10.6 Å². The molecule has 1 atom stereocenters. The van der Waals surface area contributed by atoms with E-state index < -0.39 is 11.5 Å². The first-order valence-electron chi connectivity index (χ1n) is 8.10. The molecule has 1 saturated heterocycles. The SMILES string of the molecule is COCC1(C(=O)NCC(O)COc2ccc(F)cc2)CCNCC1.Cl. The number of nitrogens with one attached hydrogen (secondary N) is 2. The first-order chi connectivity index (χ1) is 11.6. The van der Waals surface area contributed by atoms with Gasteiger partial charge in [0.2, 0.25) is 5.91 Å². The zero-order valence-electron chi connectivity index (χ0n) is 14.3. The van der Waals surface area contributed by atoms with Gasteiger partial charge in [-0.2, -0.15) is 0 Å². The van der Waals surface area contributed by atoms with Crippen molar-refractivity contribution in [2.75, 3.05) is 40.0 Å². The van der Waals surface area contributed by atoms with E-state index in [0.29, 0.717) is 25.2 Å². The molecule has 6 nitrogen and oxygen atoms in total. The highest BCUT2D eigenvalue weighted by molar-refractivity contribution is 5.85. The Labute approximate surface area is 153 Å². The lowest BCUT2D eigenvalue weighted by Crippen LogP contribution is -2.51. The summed E-state index contributed by atoms with van der Waals surface area (Å²) >= 11 is 0. The van der Waals surface area contributed by atoms with E-state index in [0.717, 1.165) is 13.1 Å². The highest BCUT2D eigenvalue weighted by Gasteiger charge is 2.39. The first-order valence-corrected chi connectivity index (χ1v) is 8.10. The Morgan fingerprint density at radius 2 is 2.00 bits per heavy atom.